The third-order valence-corrected chi connectivity index (χ3v) is 5.31. The Bertz CT molecular complexity index is 258. The van der Waals surface area contributed by atoms with Crippen LogP contribution in [0.2, 0.25) is 0 Å². The molecule has 0 aliphatic heterocycles. The van der Waals surface area contributed by atoms with Gasteiger partial charge in [-0.3, -0.25) is 0 Å². The molecule has 18 heavy (non-hydrogen) atoms. The summed E-state index contributed by atoms with van der Waals surface area (Å²) in [6.07, 6.45) is 8.35. The van der Waals surface area contributed by atoms with Gasteiger partial charge in [-0.2, -0.15) is 0 Å². The van der Waals surface area contributed by atoms with Gasteiger partial charge in [0.2, 0.25) is 0 Å². The van der Waals surface area contributed by atoms with Crippen LogP contribution in [0.4, 0.5) is 0 Å². The maximum atomic E-state index is 3.83. The summed E-state index contributed by atoms with van der Waals surface area (Å²) < 4.78 is 0. The summed E-state index contributed by atoms with van der Waals surface area (Å²) in [6.45, 7) is 9.64. The maximum absolute atomic E-state index is 3.83. The van der Waals surface area contributed by atoms with Crippen LogP contribution in [0.1, 0.15) is 59.3 Å². The molecule has 0 spiro atoms. The van der Waals surface area contributed by atoms with E-state index in [1.165, 1.54) is 51.6 Å². The first-order valence-electron chi connectivity index (χ1n) is 7.98. The summed E-state index contributed by atoms with van der Waals surface area (Å²) in [6, 6.07) is 1.61. The van der Waals surface area contributed by atoms with Crippen molar-refractivity contribution in [3.05, 3.63) is 0 Å². The molecular weight excluding hydrogens is 220 g/mol. The molecular formula is C16H32N2. The Kier molecular flexibility index (Phi) is 4.71. The molecule has 2 heteroatoms. The highest BCUT2D eigenvalue weighted by Gasteiger charge is 2.42. The average molecular weight is 252 g/mol. The second-order valence-electron chi connectivity index (χ2n) is 7.24. The molecule has 2 atom stereocenters. The van der Waals surface area contributed by atoms with Crippen molar-refractivity contribution in [2.24, 2.45) is 11.3 Å². The lowest BCUT2D eigenvalue weighted by atomic mass is 9.84. The lowest BCUT2D eigenvalue weighted by Gasteiger charge is -2.39. The number of rotatable bonds is 6. The predicted octanol–water partition coefficient (Wildman–Crippen LogP) is 3.28. The van der Waals surface area contributed by atoms with Crippen molar-refractivity contribution < 1.29 is 0 Å². The van der Waals surface area contributed by atoms with Gasteiger partial charge in [-0.15, -0.1) is 0 Å². The van der Waals surface area contributed by atoms with E-state index in [0.717, 1.165) is 18.0 Å². The summed E-state index contributed by atoms with van der Waals surface area (Å²) in [5, 5.41) is 3.83. The lowest BCUT2D eigenvalue weighted by molar-refractivity contribution is 0.122. The van der Waals surface area contributed by atoms with Gasteiger partial charge in [-0.1, -0.05) is 27.2 Å². The molecule has 0 aromatic heterocycles. The highest BCUT2D eigenvalue weighted by Crippen LogP contribution is 2.42. The molecule has 0 aromatic rings. The molecule has 2 fully saturated rings. The quantitative estimate of drug-likeness (QED) is 0.780. The Morgan fingerprint density at radius 1 is 1.22 bits per heavy atom. The molecule has 2 unspecified atom stereocenters. The topological polar surface area (TPSA) is 15.3 Å². The van der Waals surface area contributed by atoms with E-state index in [1.807, 2.05) is 0 Å². The lowest BCUT2D eigenvalue weighted by Crippen LogP contribution is -2.48. The molecule has 2 saturated carbocycles. The van der Waals surface area contributed by atoms with Gasteiger partial charge in [0.05, 0.1) is 0 Å². The molecule has 2 aliphatic carbocycles. The van der Waals surface area contributed by atoms with Crippen molar-refractivity contribution in [1.29, 1.82) is 0 Å². The van der Waals surface area contributed by atoms with Gasteiger partial charge in [0.15, 0.2) is 0 Å². The van der Waals surface area contributed by atoms with E-state index in [-0.39, 0.29) is 0 Å². The van der Waals surface area contributed by atoms with Gasteiger partial charge in [0, 0.05) is 18.6 Å². The summed E-state index contributed by atoms with van der Waals surface area (Å²) >= 11 is 0. The molecule has 0 amide bonds. The first kappa shape index (κ1) is 14.3. The molecule has 0 saturated heterocycles. The minimum absolute atomic E-state index is 0.486. The van der Waals surface area contributed by atoms with E-state index in [9.17, 15) is 0 Å². The van der Waals surface area contributed by atoms with E-state index in [4.69, 9.17) is 0 Å². The maximum Gasteiger partial charge on any atom is 0.0159 e. The van der Waals surface area contributed by atoms with Crippen LogP contribution in [-0.2, 0) is 0 Å². The summed E-state index contributed by atoms with van der Waals surface area (Å²) in [4.78, 5) is 2.64. The minimum atomic E-state index is 0.486. The van der Waals surface area contributed by atoms with Crippen LogP contribution >= 0.6 is 0 Å². The van der Waals surface area contributed by atoms with Crippen molar-refractivity contribution in [3.8, 4) is 0 Å². The molecule has 0 radical (unpaired) electrons. The van der Waals surface area contributed by atoms with Crippen LogP contribution in [0, 0.1) is 11.3 Å². The first-order chi connectivity index (χ1) is 8.54. The molecule has 1 N–H and O–H groups in total. The van der Waals surface area contributed by atoms with E-state index in [0.29, 0.717) is 5.41 Å². The largest absolute Gasteiger partial charge is 0.313 e. The smallest absolute Gasteiger partial charge is 0.0159 e. The van der Waals surface area contributed by atoms with Crippen LogP contribution in [-0.4, -0.2) is 37.1 Å². The Morgan fingerprint density at radius 3 is 2.50 bits per heavy atom. The summed E-state index contributed by atoms with van der Waals surface area (Å²) in [5.74, 6) is 0.858. The fraction of sp³-hybridized carbons (Fsp3) is 1.00. The zero-order valence-electron chi connectivity index (χ0n) is 12.8. The highest BCUT2D eigenvalue weighted by atomic mass is 15.1. The van der Waals surface area contributed by atoms with E-state index in [1.54, 1.807) is 0 Å². The van der Waals surface area contributed by atoms with Gasteiger partial charge in [0.1, 0.15) is 0 Å². The Hall–Kier alpha value is -0.0800. The summed E-state index contributed by atoms with van der Waals surface area (Å²) in [5.41, 5.74) is 0.486. The van der Waals surface area contributed by atoms with E-state index >= 15 is 0 Å². The molecule has 2 nitrogen and oxygen atoms in total. The fourth-order valence-electron chi connectivity index (χ4n) is 3.80. The molecule has 2 rings (SSSR count). The zero-order valence-corrected chi connectivity index (χ0v) is 12.8. The highest BCUT2D eigenvalue weighted by molar-refractivity contribution is 4.97. The van der Waals surface area contributed by atoms with E-state index in [2.05, 4.69) is 38.0 Å². The second-order valence-corrected chi connectivity index (χ2v) is 7.24. The minimum Gasteiger partial charge on any atom is -0.313 e. The average Bonchev–Trinajstić information content (AvgIpc) is 2.49. The number of nitrogens with zero attached hydrogens (tertiary/aromatic N) is 1. The van der Waals surface area contributed by atoms with Crippen LogP contribution in [0.25, 0.3) is 0 Å². The summed E-state index contributed by atoms with van der Waals surface area (Å²) in [7, 11) is 2.34. The van der Waals surface area contributed by atoms with Gasteiger partial charge in [-0.25, -0.2) is 0 Å². The van der Waals surface area contributed by atoms with Crippen molar-refractivity contribution in [3.63, 3.8) is 0 Å². The monoisotopic (exact) mass is 252 g/mol. The van der Waals surface area contributed by atoms with Crippen molar-refractivity contribution in [1.82, 2.24) is 10.2 Å². The Labute approximate surface area is 114 Å². The number of hydrogen-bond donors (Lipinski definition) is 1. The van der Waals surface area contributed by atoms with Crippen molar-refractivity contribution in [2.75, 3.05) is 20.1 Å². The normalized spacial score (nSPS) is 31.8. The molecule has 0 bridgehead atoms. The molecule has 106 valence electrons. The van der Waals surface area contributed by atoms with Crippen LogP contribution in [0.5, 0.6) is 0 Å². The molecule has 0 heterocycles. The number of nitrogens with one attached hydrogen (secondary N) is 1. The van der Waals surface area contributed by atoms with Crippen LogP contribution in [0.3, 0.4) is 0 Å². The van der Waals surface area contributed by atoms with Gasteiger partial charge >= 0.3 is 0 Å². The van der Waals surface area contributed by atoms with Crippen LogP contribution in [0.15, 0.2) is 0 Å². The fourth-order valence-corrected chi connectivity index (χ4v) is 3.80. The SMILES string of the molecule is CCCNC1C(CN(C)C2CCC2)CCC1(C)C. The van der Waals surface area contributed by atoms with Crippen molar-refractivity contribution in [2.45, 2.75) is 71.4 Å². The first-order valence-corrected chi connectivity index (χ1v) is 7.98. The standard InChI is InChI=1S/C16H32N2/c1-5-11-17-15-13(9-10-16(15,2)3)12-18(4)14-7-6-8-14/h13-15,17H,5-12H2,1-4H3. The molecule has 0 aromatic carbocycles. The second kappa shape index (κ2) is 5.92. The third-order valence-electron chi connectivity index (χ3n) is 5.31. The predicted molar refractivity (Wildman–Crippen MR) is 78.9 cm³/mol. The van der Waals surface area contributed by atoms with E-state index < -0.39 is 0 Å². The van der Waals surface area contributed by atoms with Gasteiger partial charge in [-0.05, 0) is 57.0 Å². The van der Waals surface area contributed by atoms with Gasteiger partial charge < -0.3 is 10.2 Å². The molecule has 2 aliphatic rings. The number of hydrogen-bond acceptors (Lipinski definition) is 2. The Morgan fingerprint density at radius 2 is 1.94 bits per heavy atom. The van der Waals surface area contributed by atoms with Gasteiger partial charge in [0.25, 0.3) is 0 Å². The Balaban J connectivity index is 1.89. The van der Waals surface area contributed by atoms with Crippen molar-refractivity contribution >= 4 is 0 Å². The third kappa shape index (κ3) is 3.08. The van der Waals surface area contributed by atoms with Crippen LogP contribution < -0.4 is 5.32 Å². The zero-order chi connectivity index (χ0) is 13.2.